The highest BCUT2D eigenvalue weighted by molar-refractivity contribution is 7.34. The van der Waals surface area contributed by atoms with Gasteiger partial charge in [-0.15, -0.1) is 34.0 Å². The zero-order valence-corrected chi connectivity index (χ0v) is 26.4. The molecule has 3 aromatic heterocycles. The average Bonchev–Trinajstić information content (AvgIpc) is 3.86. The molecule has 9 aromatic rings. The smallest absolute Gasteiger partial charge is 0.260 e. The fourth-order valence-electron chi connectivity index (χ4n) is 7.89. The first-order valence-electron chi connectivity index (χ1n) is 15.3. The average molecular weight is 624 g/mol. The van der Waals surface area contributed by atoms with Gasteiger partial charge in [0.15, 0.2) is 0 Å². The molecule has 0 aliphatic carbocycles. The lowest BCUT2D eigenvalue weighted by Gasteiger charge is -2.34. The largest absolute Gasteiger partial charge is 0.309 e. The molecule has 208 valence electrons. The van der Waals surface area contributed by atoms with E-state index in [4.69, 9.17) is 0 Å². The van der Waals surface area contributed by atoms with Crippen LogP contribution < -0.4 is 20.6 Å². The lowest BCUT2D eigenvalue weighted by molar-refractivity contribution is 1.35. The van der Waals surface area contributed by atoms with Crippen LogP contribution in [0.5, 0.6) is 0 Å². The third kappa shape index (κ3) is 3.23. The van der Waals surface area contributed by atoms with Gasteiger partial charge in [-0.25, -0.2) is 0 Å². The van der Waals surface area contributed by atoms with Crippen molar-refractivity contribution in [1.29, 1.82) is 0 Å². The molecule has 0 fully saturated rings. The molecule has 0 amide bonds. The van der Waals surface area contributed by atoms with E-state index in [2.05, 4.69) is 138 Å². The molecular weight excluding hydrogens is 601 g/mol. The number of benzene rings is 6. The Kier molecular flexibility index (Phi) is 4.90. The van der Waals surface area contributed by atoms with Crippen molar-refractivity contribution >= 4 is 114 Å². The fourth-order valence-corrected chi connectivity index (χ4v) is 11.4. The minimum atomic E-state index is 0.230. The number of thiophene rings is 3. The van der Waals surface area contributed by atoms with Gasteiger partial charge in [-0.05, 0) is 58.0 Å². The molecular formula is C40H22BNS3. The van der Waals surface area contributed by atoms with Crippen LogP contribution in [0.3, 0.4) is 0 Å². The number of hydrogen-bond donors (Lipinski definition) is 0. The van der Waals surface area contributed by atoms with Crippen molar-refractivity contribution in [2.24, 2.45) is 0 Å². The molecule has 0 saturated heterocycles. The molecule has 2 aliphatic rings. The van der Waals surface area contributed by atoms with Gasteiger partial charge in [0.25, 0.3) is 6.71 Å². The van der Waals surface area contributed by atoms with Gasteiger partial charge >= 0.3 is 0 Å². The van der Waals surface area contributed by atoms with Crippen molar-refractivity contribution in [3.8, 4) is 22.3 Å². The zero-order chi connectivity index (χ0) is 29.2. The van der Waals surface area contributed by atoms with Crippen LogP contribution in [-0.2, 0) is 0 Å². The third-order valence-corrected chi connectivity index (χ3v) is 13.1. The minimum absolute atomic E-state index is 0.230. The van der Waals surface area contributed by atoms with E-state index in [1.165, 1.54) is 95.4 Å². The standard InChI is InChI=1S/C40H22BNS3/c1-5-16-31-25(10-1)30-20-23(24-14-9-15-27-26-11-2-7-18-35(26)44-39(24)27)21-32-37(30)41(31)40-38(29-13-4-8-19-36(29)45-40)42(32)33-22-43-34-17-6-3-12-28(33)34/h1-22H. The Morgan fingerprint density at radius 3 is 2.09 bits per heavy atom. The molecule has 5 heterocycles. The highest BCUT2D eigenvalue weighted by Gasteiger charge is 2.45. The number of fused-ring (bicyclic) bond motifs is 11. The molecule has 2 aliphatic heterocycles. The van der Waals surface area contributed by atoms with E-state index >= 15 is 0 Å². The molecule has 0 unspecified atom stereocenters. The summed E-state index contributed by atoms with van der Waals surface area (Å²) in [6, 6.07) is 47.6. The van der Waals surface area contributed by atoms with Gasteiger partial charge in [0, 0.05) is 56.2 Å². The normalized spacial score (nSPS) is 13.2. The van der Waals surface area contributed by atoms with Gasteiger partial charge in [0.05, 0.1) is 11.4 Å². The summed E-state index contributed by atoms with van der Waals surface area (Å²) in [5.41, 5.74) is 12.1. The summed E-state index contributed by atoms with van der Waals surface area (Å²) in [6.07, 6.45) is 0. The second-order valence-corrected chi connectivity index (χ2v) is 15.1. The summed E-state index contributed by atoms with van der Waals surface area (Å²) in [5, 5.41) is 7.69. The monoisotopic (exact) mass is 623 g/mol. The Hall–Kier alpha value is -4.68. The van der Waals surface area contributed by atoms with Crippen molar-refractivity contribution in [2.75, 3.05) is 4.90 Å². The van der Waals surface area contributed by atoms with E-state index in [-0.39, 0.29) is 6.71 Å². The molecule has 45 heavy (non-hydrogen) atoms. The molecule has 0 saturated carbocycles. The van der Waals surface area contributed by atoms with Gasteiger partial charge in [-0.3, -0.25) is 0 Å². The lowest BCUT2D eigenvalue weighted by Crippen LogP contribution is -2.53. The summed E-state index contributed by atoms with van der Waals surface area (Å²) in [4.78, 5) is 2.61. The molecule has 6 aromatic carbocycles. The molecule has 1 nitrogen and oxygen atoms in total. The SMILES string of the molecule is c1ccc2c(c1)B1c3sc4ccccc4c3N(c3csc4ccccc34)c3cc(-c4cccc5c4sc4ccccc45)cc-2c31. The molecule has 0 radical (unpaired) electrons. The number of nitrogens with zero attached hydrogens (tertiary/aromatic N) is 1. The van der Waals surface area contributed by atoms with Crippen LogP contribution in [0.2, 0.25) is 0 Å². The van der Waals surface area contributed by atoms with Gasteiger partial charge in [-0.1, -0.05) is 103 Å². The van der Waals surface area contributed by atoms with Crippen molar-refractivity contribution in [2.45, 2.75) is 0 Å². The molecule has 11 rings (SSSR count). The van der Waals surface area contributed by atoms with Crippen LogP contribution >= 0.6 is 34.0 Å². The van der Waals surface area contributed by atoms with Crippen LogP contribution in [0.15, 0.2) is 133 Å². The maximum Gasteiger partial charge on any atom is 0.260 e. The Balaban J connectivity index is 1.29. The first-order chi connectivity index (χ1) is 22.3. The quantitative estimate of drug-likeness (QED) is 0.173. The maximum atomic E-state index is 2.61. The minimum Gasteiger partial charge on any atom is -0.309 e. The molecule has 0 spiro atoms. The second-order valence-electron chi connectivity index (χ2n) is 12.0. The fraction of sp³-hybridized carbons (Fsp3) is 0. The van der Waals surface area contributed by atoms with Crippen LogP contribution in [0.25, 0.3) is 62.6 Å². The summed E-state index contributed by atoms with van der Waals surface area (Å²) < 4.78 is 6.82. The number of anilines is 3. The number of rotatable bonds is 2. The van der Waals surface area contributed by atoms with Crippen LogP contribution in [0.4, 0.5) is 17.1 Å². The highest BCUT2D eigenvalue weighted by atomic mass is 32.1. The first kappa shape index (κ1) is 24.6. The van der Waals surface area contributed by atoms with Crippen LogP contribution in [-0.4, -0.2) is 6.71 Å². The Labute approximate surface area is 272 Å². The van der Waals surface area contributed by atoms with E-state index < -0.39 is 0 Å². The van der Waals surface area contributed by atoms with E-state index in [1.54, 1.807) is 0 Å². The van der Waals surface area contributed by atoms with Crippen LogP contribution in [0.1, 0.15) is 0 Å². The second kappa shape index (κ2) is 8.95. The highest BCUT2D eigenvalue weighted by Crippen LogP contribution is 2.50. The van der Waals surface area contributed by atoms with Crippen molar-refractivity contribution < 1.29 is 0 Å². The van der Waals surface area contributed by atoms with E-state index in [0.717, 1.165) is 0 Å². The first-order valence-corrected chi connectivity index (χ1v) is 17.8. The molecule has 0 atom stereocenters. The lowest BCUT2D eigenvalue weighted by atomic mass is 9.40. The van der Waals surface area contributed by atoms with Crippen molar-refractivity contribution in [3.63, 3.8) is 0 Å². The van der Waals surface area contributed by atoms with Gasteiger partial charge in [0.1, 0.15) is 0 Å². The Morgan fingerprint density at radius 1 is 0.511 bits per heavy atom. The van der Waals surface area contributed by atoms with Crippen molar-refractivity contribution in [1.82, 2.24) is 0 Å². The molecule has 0 bridgehead atoms. The zero-order valence-electron chi connectivity index (χ0n) is 24.0. The van der Waals surface area contributed by atoms with E-state index in [0.29, 0.717) is 0 Å². The summed E-state index contributed by atoms with van der Waals surface area (Å²) in [7, 11) is 0. The van der Waals surface area contributed by atoms with Gasteiger partial charge in [0.2, 0.25) is 0 Å². The summed E-state index contributed by atoms with van der Waals surface area (Å²) in [5.74, 6) is 0. The Bertz CT molecular complexity index is 2690. The summed E-state index contributed by atoms with van der Waals surface area (Å²) in [6.45, 7) is 0.230. The van der Waals surface area contributed by atoms with Gasteiger partial charge in [-0.2, -0.15) is 0 Å². The van der Waals surface area contributed by atoms with Crippen molar-refractivity contribution in [3.05, 3.63) is 133 Å². The van der Waals surface area contributed by atoms with E-state index in [1.807, 2.05) is 34.0 Å². The Morgan fingerprint density at radius 2 is 1.20 bits per heavy atom. The molecule has 0 N–H and O–H groups in total. The molecule has 5 heteroatoms. The predicted octanol–water partition coefficient (Wildman–Crippen LogP) is 10.4. The topological polar surface area (TPSA) is 3.24 Å². The summed E-state index contributed by atoms with van der Waals surface area (Å²) >= 11 is 5.72. The van der Waals surface area contributed by atoms with E-state index in [9.17, 15) is 0 Å². The number of hydrogen-bond acceptors (Lipinski definition) is 4. The van der Waals surface area contributed by atoms with Gasteiger partial charge < -0.3 is 4.90 Å². The van der Waals surface area contributed by atoms with Crippen LogP contribution in [0, 0.1) is 0 Å². The maximum absolute atomic E-state index is 2.61. The predicted molar refractivity (Wildman–Crippen MR) is 200 cm³/mol. The third-order valence-electron chi connectivity index (χ3n) is 9.75.